The van der Waals surface area contributed by atoms with E-state index in [1.165, 1.54) is 0 Å². The molecule has 2 rings (SSSR count). The summed E-state index contributed by atoms with van der Waals surface area (Å²) in [5.41, 5.74) is -6.50. The average Bonchev–Trinajstić information content (AvgIpc) is 2.47. The summed E-state index contributed by atoms with van der Waals surface area (Å²) in [6.07, 6.45) is -10.7. The van der Waals surface area contributed by atoms with Gasteiger partial charge in [0.25, 0.3) is 11.2 Å². The summed E-state index contributed by atoms with van der Waals surface area (Å²) in [5, 5.41) is 10.4. The second-order valence-corrected chi connectivity index (χ2v) is 5.35. The minimum atomic E-state index is -5.42. The van der Waals surface area contributed by atoms with E-state index in [4.69, 9.17) is 11.6 Å². The second kappa shape index (κ2) is 6.27. The standard InChI is InChI=1S/C13H6ClF6N3O3/c1-22-10(24)8(5-2-3-6(14)7(4-5)23(25)26)9(12(15,16)17)21-11(22)13(18,19)20/h2-4H,1H3. The third kappa shape index (κ3) is 3.49. The van der Waals surface area contributed by atoms with Gasteiger partial charge in [-0.15, -0.1) is 0 Å². The first-order chi connectivity index (χ1) is 11.7. The number of hydrogen-bond acceptors (Lipinski definition) is 4. The van der Waals surface area contributed by atoms with Crippen LogP contribution in [0.1, 0.15) is 11.5 Å². The number of benzene rings is 1. The Morgan fingerprint density at radius 2 is 1.73 bits per heavy atom. The molecular weight excluding hydrogens is 396 g/mol. The third-order valence-corrected chi connectivity index (χ3v) is 3.56. The zero-order chi connectivity index (χ0) is 20.0. The lowest BCUT2D eigenvalue weighted by Crippen LogP contribution is -2.32. The maximum Gasteiger partial charge on any atom is 0.449 e. The largest absolute Gasteiger partial charge is 0.449 e. The molecule has 1 aromatic carbocycles. The van der Waals surface area contributed by atoms with E-state index in [0.29, 0.717) is 13.1 Å². The molecule has 0 unspecified atom stereocenters. The molecule has 0 aliphatic rings. The summed E-state index contributed by atoms with van der Waals surface area (Å²) < 4.78 is 78.1. The molecule has 0 N–H and O–H groups in total. The van der Waals surface area contributed by atoms with Crippen molar-refractivity contribution in [3.05, 3.63) is 55.2 Å². The molecule has 0 saturated heterocycles. The number of nitro benzene ring substituents is 1. The van der Waals surface area contributed by atoms with E-state index in [0.717, 1.165) is 12.1 Å². The summed E-state index contributed by atoms with van der Waals surface area (Å²) >= 11 is 5.55. The topological polar surface area (TPSA) is 78.0 Å². The van der Waals surface area contributed by atoms with Crippen molar-refractivity contribution in [2.45, 2.75) is 12.4 Å². The molecule has 0 saturated carbocycles. The summed E-state index contributed by atoms with van der Waals surface area (Å²) in [7, 11) is 0.589. The molecule has 0 aliphatic heterocycles. The Kier molecular flexibility index (Phi) is 4.75. The van der Waals surface area contributed by atoms with Gasteiger partial charge in [-0.05, 0) is 11.6 Å². The molecule has 13 heteroatoms. The molecule has 0 radical (unpaired) electrons. The summed E-state index contributed by atoms with van der Waals surface area (Å²) in [6, 6.07) is 2.26. The van der Waals surface area contributed by atoms with E-state index in [-0.39, 0.29) is 4.57 Å². The highest BCUT2D eigenvalue weighted by atomic mass is 35.5. The quantitative estimate of drug-likeness (QED) is 0.432. The van der Waals surface area contributed by atoms with Crippen LogP contribution in [0.3, 0.4) is 0 Å². The molecule has 0 atom stereocenters. The van der Waals surface area contributed by atoms with Crippen LogP contribution in [0.5, 0.6) is 0 Å². The minimum Gasteiger partial charge on any atom is -0.292 e. The Balaban J connectivity index is 2.94. The number of halogens is 7. The van der Waals surface area contributed by atoms with Crippen molar-refractivity contribution >= 4 is 17.3 Å². The smallest absolute Gasteiger partial charge is 0.292 e. The van der Waals surface area contributed by atoms with Crippen molar-refractivity contribution in [2.75, 3.05) is 0 Å². The van der Waals surface area contributed by atoms with Crippen molar-refractivity contribution in [3.63, 3.8) is 0 Å². The molecule has 2 aromatic rings. The van der Waals surface area contributed by atoms with E-state index >= 15 is 0 Å². The van der Waals surface area contributed by atoms with Crippen LogP contribution in [-0.2, 0) is 19.4 Å². The Morgan fingerprint density at radius 1 is 1.15 bits per heavy atom. The zero-order valence-electron chi connectivity index (χ0n) is 12.4. The van der Waals surface area contributed by atoms with Crippen LogP contribution in [0.4, 0.5) is 32.0 Å². The second-order valence-electron chi connectivity index (χ2n) is 4.94. The molecule has 140 valence electrons. The fourth-order valence-electron chi connectivity index (χ4n) is 2.13. The number of rotatable bonds is 2. The molecule has 0 bridgehead atoms. The first-order valence-corrected chi connectivity index (χ1v) is 6.82. The monoisotopic (exact) mass is 401 g/mol. The van der Waals surface area contributed by atoms with Crippen LogP contribution < -0.4 is 5.56 Å². The lowest BCUT2D eigenvalue weighted by molar-refractivity contribution is -0.384. The molecule has 0 spiro atoms. The van der Waals surface area contributed by atoms with Crippen LogP contribution in [0.2, 0.25) is 5.02 Å². The van der Waals surface area contributed by atoms with E-state index in [2.05, 4.69) is 4.98 Å². The number of aromatic nitrogens is 2. The number of alkyl halides is 6. The van der Waals surface area contributed by atoms with Gasteiger partial charge in [-0.25, -0.2) is 4.98 Å². The first-order valence-electron chi connectivity index (χ1n) is 6.45. The van der Waals surface area contributed by atoms with Crippen molar-refractivity contribution in [3.8, 4) is 11.1 Å². The molecule has 0 amide bonds. The Morgan fingerprint density at radius 3 is 2.19 bits per heavy atom. The summed E-state index contributed by atoms with van der Waals surface area (Å²) in [4.78, 5) is 24.6. The molecule has 6 nitrogen and oxygen atoms in total. The Bertz CT molecular complexity index is 952. The van der Waals surface area contributed by atoms with Crippen LogP contribution in [0.25, 0.3) is 11.1 Å². The van der Waals surface area contributed by atoms with Gasteiger partial charge >= 0.3 is 12.4 Å². The Hall–Kier alpha value is -2.63. The van der Waals surface area contributed by atoms with Gasteiger partial charge in [0.1, 0.15) is 5.02 Å². The highest BCUT2D eigenvalue weighted by Gasteiger charge is 2.43. The fraction of sp³-hybridized carbons (Fsp3) is 0.231. The molecule has 1 aromatic heterocycles. The number of nitro groups is 1. The van der Waals surface area contributed by atoms with Crippen LogP contribution in [0.15, 0.2) is 23.0 Å². The normalized spacial score (nSPS) is 12.3. The van der Waals surface area contributed by atoms with Crippen LogP contribution >= 0.6 is 11.6 Å². The predicted molar refractivity (Wildman–Crippen MR) is 76.6 cm³/mol. The van der Waals surface area contributed by atoms with Gasteiger partial charge in [0.15, 0.2) is 5.69 Å². The first kappa shape index (κ1) is 19.7. The molecule has 0 aliphatic carbocycles. The molecule has 26 heavy (non-hydrogen) atoms. The lowest BCUT2D eigenvalue weighted by Gasteiger charge is -2.17. The van der Waals surface area contributed by atoms with Gasteiger partial charge < -0.3 is 0 Å². The summed E-state index contributed by atoms with van der Waals surface area (Å²) in [5.74, 6) is -2.05. The highest BCUT2D eigenvalue weighted by molar-refractivity contribution is 6.32. The van der Waals surface area contributed by atoms with Crippen molar-refractivity contribution in [1.82, 2.24) is 9.55 Å². The fourth-order valence-corrected chi connectivity index (χ4v) is 2.32. The van der Waals surface area contributed by atoms with Gasteiger partial charge in [-0.2, -0.15) is 26.3 Å². The third-order valence-electron chi connectivity index (χ3n) is 3.24. The molecule has 0 fully saturated rings. The number of hydrogen-bond donors (Lipinski definition) is 0. The zero-order valence-corrected chi connectivity index (χ0v) is 13.2. The van der Waals surface area contributed by atoms with Gasteiger partial charge in [0.05, 0.1) is 10.5 Å². The van der Waals surface area contributed by atoms with Crippen molar-refractivity contribution < 1.29 is 31.3 Å². The summed E-state index contributed by atoms with van der Waals surface area (Å²) in [6.45, 7) is 0. The van der Waals surface area contributed by atoms with E-state index in [1.807, 2.05) is 0 Å². The van der Waals surface area contributed by atoms with Gasteiger partial charge in [0.2, 0.25) is 5.82 Å². The minimum absolute atomic E-state index is 0.106. The van der Waals surface area contributed by atoms with Crippen molar-refractivity contribution in [2.24, 2.45) is 7.05 Å². The maximum absolute atomic E-state index is 13.2. The maximum atomic E-state index is 13.2. The van der Waals surface area contributed by atoms with E-state index in [1.54, 1.807) is 0 Å². The number of nitrogens with zero attached hydrogens (tertiary/aromatic N) is 3. The predicted octanol–water partition coefficient (Wildman–Crippen LogP) is 4.05. The van der Waals surface area contributed by atoms with Gasteiger partial charge in [-0.3, -0.25) is 19.5 Å². The lowest BCUT2D eigenvalue weighted by atomic mass is 10.0. The Labute approximate surface area is 144 Å². The van der Waals surface area contributed by atoms with E-state index in [9.17, 15) is 41.3 Å². The van der Waals surface area contributed by atoms with Gasteiger partial charge in [-0.1, -0.05) is 17.7 Å². The molecular formula is C13H6ClF6N3O3. The average molecular weight is 402 g/mol. The van der Waals surface area contributed by atoms with Crippen LogP contribution in [0, 0.1) is 10.1 Å². The van der Waals surface area contributed by atoms with Gasteiger partial charge in [0, 0.05) is 13.1 Å². The van der Waals surface area contributed by atoms with Crippen LogP contribution in [-0.4, -0.2) is 14.5 Å². The highest BCUT2D eigenvalue weighted by Crippen LogP contribution is 2.38. The molecule has 1 heterocycles. The van der Waals surface area contributed by atoms with Crippen molar-refractivity contribution in [1.29, 1.82) is 0 Å². The SMILES string of the molecule is Cn1c(C(F)(F)F)nc(C(F)(F)F)c(-c2ccc(Cl)c([N+](=O)[O-])c2)c1=O. The van der Waals surface area contributed by atoms with E-state index < -0.39 is 56.2 Å².